The van der Waals surface area contributed by atoms with Crippen LogP contribution in [0.25, 0.3) is 0 Å². The number of hydrogen-bond donors (Lipinski definition) is 2. The molecule has 7 heteroatoms. The lowest BCUT2D eigenvalue weighted by molar-refractivity contribution is 0.0968. The highest BCUT2D eigenvalue weighted by molar-refractivity contribution is 7.90. The van der Waals surface area contributed by atoms with Crippen LogP contribution >= 0.6 is 0 Å². The number of nitrogens with zero attached hydrogens (tertiary/aromatic N) is 1. The lowest BCUT2D eigenvalue weighted by Crippen LogP contribution is -2.29. The minimum absolute atomic E-state index is 0.183. The molecular formula is C11H17N3O3S. The molecule has 0 aliphatic heterocycles. The summed E-state index contributed by atoms with van der Waals surface area (Å²) >= 11 is 0. The summed E-state index contributed by atoms with van der Waals surface area (Å²) in [5.41, 5.74) is 6.33. The topological polar surface area (TPSA) is 92.5 Å². The van der Waals surface area contributed by atoms with Gasteiger partial charge in [0.25, 0.3) is 0 Å². The van der Waals surface area contributed by atoms with Gasteiger partial charge in [0, 0.05) is 25.3 Å². The van der Waals surface area contributed by atoms with Gasteiger partial charge in [0.05, 0.1) is 6.04 Å². The van der Waals surface area contributed by atoms with Crippen molar-refractivity contribution in [3.63, 3.8) is 0 Å². The van der Waals surface area contributed by atoms with Crippen molar-refractivity contribution in [3.05, 3.63) is 29.8 Å². The average Bonchev–Trinajstić information content (AvgIpc) is 2.28. The van der Waals surface area contributed by atoms with Gasteiger partial charge in [-0.05, 0) is 31.2 Å². The first-order valence-corrected chi connectivity index (χ1v) is 6.78. The second-order valence-corrected chi connectivity index (χ2v) is 6.00. The van der Waals surface area contributed by atoms with E-state index in [2.05, 4.69) is 4.72 Å². The highest BCUT2D eigenvalue weighted by Crippen LogP contribution is 2.13. The molecular weight excluding hydrogens is 254 g/mol. The zero-order chi connectivity index (χ0) is 13.9. The van der Waals surface area contributed by atoms with Gasteiger partial charge in [-0.25, -0.2) is 0 Å². The van der Waals surface area contributed by atoms with E-state index in [4.69, 9.17) is 5.73 Å². The Morgan fingerprint density at radius 2 is 1.78 bits per heavy atom. The van der Waals surface area contributed by atoms with Crippen molar-refractivity contribution in [1.29, 1.82) is 0 Å². The third-order valence-corrected chi connectivity index (χ3v) is 3.77. The van der Waals surface area contributed by atoms with E-state index in [0.29, 0.717) is 11.3 Å². The molecule has 0 saturated heterocycles. The third-order valence-electron chi connectivity index (χ3n) is 2.31. The molecule has 0 spiro atoms. The fourth-order valence-corrected chi connectivity index (χ4v) is 1.82. The van der Waals surface area contributed by atoms with Crippen LogP contribution in [0.15, 0.2) is 24.3 Å². The molecule has 0 aliphatic rings. The molecule has 0 radical (unpaired) electrons. The number of carbonyl (C=O) groups is 1. The fourth-order valence-electron chi connectivity index (χ4n) is 1.21. The molecule has 0 aromatic heterocycles. The summed E-state index contributed by atoms with van der Waals surface area (Å²) < 4.78 is 26.5. The molecule has 100 valence electrons. The molecule has 0 heterocycles. The average molecular weight is 271 g/mol. The van der Waals surface area contributed by atoms with Crippen molar-refractivity contribution in [1.82, 2.24) is 4.31 Å². The van der Waals surface area contributed by atoms with Crippen molar-refractivity contribution in [2.24, 2.45) is 5.73 Å². The van der Waals surface area contributed by atoms with Gasteiger partial charge in [0.2, 0.25) is 0 Å². The summed E-state index contributed by atoms with van der Waals surface area (Å²) in [5.74, 6) is -0.183. The van der Waals surface area contributed by atoms with Gasteiger partial charge >= 0.3 is 10.2 Å². The van der Waals surface area contributed by atoms with Gasteiger partial charge in [-0.3, -0.25) is 9.52 Å². The first-order chi connectivity index (χ1) is 8.24. The lowest BCUT2D eigenvalue weighted by Gasteiger charge is -2.13. The Kier molecular flexibility index (Phi) is 4.44. The quantitative estimate of drug-likeness (QED) is 0.760. The van der Waals surface area contributed by atoms with Crippen molar-refractivity contribution in [2.75, 3.05) is 18.8 Å². The van der Waals surface area contributed by atoms with Gasteiger partial charge in [-0.15, -0.1) is 0 Å². The Hall–Kier alpha value is -1.44. The van der Waals surface area contributed by atoms with Crippen LogP contribution in [0.4, 0.5) is 5.69 Å². The molecule has 1 atom stereocenters. The maximum absolute atomic E-state index is 11.6. The predicted molar refractivity (Wildman–Crippen MR) is 70.7 cm³/mol. The van der Waals surface area contributed by atoms with Gasteiger partial charge in [0.1, 0.15) is 0 Å². The van der Waals surface area contributed by atoms with E-state index in [1.807, 2.05) is 0 Å². The van der Waals surface area contributed by atoms with Gasteiger partial charge in [-0.2, -0.15) is 12.7 Å². The molecule has 1 aromatic carbocycles. The Labute approximate surface area is 107 Å². The number of Topliss-reactive ketones (excluding diaryl/α,β-unsaturated/α-hetero) is 1. The van der Waals surface area contributed by atoms with Gasteiger partial charge < -0.3 is 5.73 Å². The van der Waals surface area contributed by atoms with Gasteiger partial charge in [-0.1, -0.05) is 0 Å². The Balaban J connectivity index is 2.88. The first-order valence-electron chi connectivity index (χ1n) is 5.34. The number of benzene rings is 1. The van der Waals surface area contributed by atoms with Crippen LogP contribution in [0.1, 0.15) is 17.3 Å². The summed E-state index contributed by atoms with van der Waals surface area (Å²) in [5, 5.41) is 0. The maximum Gasteiger partial charge on any atom is 0.301 e. The number of carbonyl (C=O) groups excluding carboxylic acids is 1. The van der Waals surface area contributed by atoms with Crippen LogP contribution in [0.5, 0.6) is 0 Å². The van der Waals surface area contributed by atoms with Crippen molar-refractivity contribution in [2.45, 2.75) is 13.0 Å². The largest absolute Gasteiger partial charge is 0.321 e. The molecule has 0 amide bonds. The van der Waals surface area contributed by atoms with Crippen molar-refractivity contribution in [3.8, 4) is 0 Å². The molecule has 1 aromatic rings. The number of anilines is 1. The Morgan fingerprint density at radius 3 is 2.17 bits per heavy atom. The lowest BCUT2D eigenvalue weighted by atomic mass is 10.1. The number of rotatable bonds is 5. The second kappa shape index (κ2) is 5.47. The van der Waals surface area contributed by atoms with Crippen LogP contribution < -0.4 is 10.5 Å². The smallest absolute Gasteiger partial charge is 0.301 e. The van der Waals surface area contributed by atoms with Crippen LogP contribution in [-0.2, 0) is 10.2 Å². The van der Waals surface area contributed by atoms with E-state index in [1.54, 1.807) is 19.1 Å². The summed E-state index contributed by atoms with van der Waals surface area (Å²) in [4.78, 5) is 11.6. The van der Waals surface area contributed by atoms with E-state index in [0.717, 1.165) is 4.31 Å². The fraction of sp³-hybridized carbons (Fsp3) is 0.364. The number of ketones is 1. The van der Waals surface area contributed by atoms with Crippen molar-refractivity contribution >= 4 is 21.7 Å². The van der Waals surface area contributed by atoms with E-state index in [1.165, 1.54) is 26.2 Å². The van der Waals surface area contributed by atoms with E-state index < -0.39 is 16.3 Å². The molecule has 18 heavy (non-hydrogen) atoms. The maximum atomic E-state index is 11.6. The minimum atomic E-state index is -3.53. The SMILES string of the molecule is CC(N)C(=O)c1ccc(NS(=O)(=O)N(C)C)cc1. The first kappa shape index (κ1) is 14.6. The molecule has 6 nitrogen and oxygen atoms in total. The van der Waals surface area contributed by atoms with Gasteiger partial charge in [0.15, 0.2) is 5.78 Å². The summed E-state index contributed by atoms with van der Waals surface area (Å²) in [6, 6.07) is 5.56. The monoisotopic (exact) mass is 271 g/mol. The van der Waals surface area contributed by atoms with E-state index in [9.17, 15) is 13.2 Å². The summed E-state index contributed by atoms with van der Waals surface area (Å²) in [6.45, 7) is 1.60. The highest BCUT2D eigenvalue weighted by atomic mass is 32.2. The molecule has 3 N–H and O–H groups in total. The minimum Gasteiger partial charge on any atom is -0.321 e. The molecule has 0 saturated carbocycles. The molecule has 0 fully saturated rings. The van der Waals surface area contributed by atoms with Crippen LogP contribution in [0, 0.1) is 0 Å². The zero-order valence-corrected chi connectivity index (χ0v) is 11.4. The standard InChI is InChI=1S/C11H17N3O3S/c1-8(12)11(15)9-4-6-10(7-5-9)13-18(16,17)14(2)3/h4-8,13H,12H2,1-3H3. The Bertz CT molecular complexity index is 521. The molecule has 1 rings (SSSR count). The normalized spacial score (nSPS) is 13.4. The number of nitrogens with one attached hydrogen (secondary N) is 1. The zero-order valence-electron chi connectivity index (χ0n) is 10.5. The van der Waals surface area contributed by atoms with Crippen LogP contribution in [0.3, 0.4) is 0 Å². The summed E-state index contributed by atoms with van der Waals surface area (Å²) in [6.07, 6.45) is 0. The van der Waals surface area contributed by atoms with Crippen LogP contribution in [0.2, 0.25) is 0 Å². The number of nitrogens with two attached hydrogens (primary N) is 1. The second-order valence-electron chi connectivity index (χ2n) is 4.12. The van der Waals surface area contributed by atoms with E-state index in [-0.39, 0.29) is 5.78 Å². The summed E-state index contributed by atoms with van der Waals surface area (Å²) in [7, 11) is -0.673. The number of hydrogen-bond acceptors (Lipinski definition) is 4. The predicted octanol–water partition coefficient (Wildman–Crippen LogP) is 0.435. The van der Waals surface area contributed by atoms with E-state index >= 15 is 0 Å². The molecule has 1 unspecified atom stereocenters. The third kappa shape index (κ3) is 3.52. The molecule has 0 bridgehead atoms. The highest BCUT2D eigenvalue weighted by Gasteiger charge is 2.14. The van der Waals surface area contributed by atoms with Crippen molar-refractivity contribution < 1.29 is 13.2 Å². The molecule has 0 aliphatic carbocycles. The Morgan fingerprint density at radius 1 is 1.28 bits per heavy atom. The van der Waals surface area contributed by atoms with Crippen LogP contribution in [-0.4, -0.2) is 38.6 Å².